The Labute approximate surface area is 123 Å². The fraction of sp³-hybridized carbons (Fsp3) is 0.533. The fourth-order valence-corrected chi connectivity index (χ4v) is 2.45. The summed E-state index contributed by atoms with van der Waals surface area (Å²) in [6.07, 6.45) is 0. The number of carbonyl (C=O) groups excluding carboxylic acids is 1. The number of methoxy groups -OCH3 is 1. The molecule has 0 spiro atoms. The maximum Gasteiger partial charge on any atom is 0.227 e. The van der Waals surface area contributed by atoms with Crippen molar-refractivity contribution in [3.05, 3.63) is 29.6 Å². The molecule has 0 radical (unpaired) electrons. The summed E-state index contributed by atoms with van der Waals surface area (Å²) in [5.41, 5.74) is 0.696. The number of likely N-dealkylation sites (N-methyl/N-ethyl adjacent to an activating group) is 1. The van der Waals surface area contributed by atoms with Crippen LogP contribution in [0.1, 0.15) is 18.5 Å². The van der Waals surface area contributed by atoms with Gasteiger partial charge in [0.05, 0.1) is 32.3 Å². The molecule has 0 saturated carbocycles. The van der Waals surface area contributed by atoms with Crippen molar-refractivity contribution in [2.75, 3.05) is 27.4 Å². The molecule has 2 N–H and O–H groups in total. The Hall–Kier alpha value is -1.66. The zero-order chi connectivity index (χ0) is 15.4. The molecular weight excluding hydrogens is 275 g/mol. The molecule has 6 heteroatoms. The maximum atomic E-state index is 13.7. The molecule has 3 unspecified atom stereocenters. The van der Waals surface area contributed by atoms with Crippen molar-refractivity contribution in [1.82, 2.24) is 10.6 Å². The first kappa shape index (κ1) is 15.7. The van der Waals surface area contributed by atoms with E-state index in [0.717, 1.165) is 0 Å². The minimum atomic E-state index is -0.437. The van der Waals surface area contributed by atoms with Gasteiger partial charge in [0, 0.05) is 6.04 Å². The van der Waals surface area contributed by atoms with E-state index in [1.165, 1.54) is 13.2 Å². The first-order valence-corrected chi connectivity index (χ1v) is 6.95. The highest BCUT2D eigenvalue weighted by atomic mass is 19.1. The molecule has 1 aromatic carbocycles. The third-order valence-corrected chi connectivity index (χ3v) is 3.82. The molecule has 2 rings (SSSR count). The first-order chi connectivity index (χ1) is 10.1. The molecule has 1 aliphatic heterocycles. The normalized spacial score (nSPS) is 22.9. The average Bonchev–Trinajstić information content (AvgIpc) is 2.95. The van der Waals surface area contributed by atoms with Crippen LogP contribution in [0.15, 0.2) is 18.2 Å². The topological polar surface area (TPSA) is 59.6 Å². The van der Waals surface area contributed by atoms with E-state index < -0.39 is 5.82 Å². The number of benzene rings is 1. The van der Waals surface area contributed by atoms with Crippen molar-refractivity contribution in [2.45, 2.75) is 19.0 Å². The molecule has 1 heterocycles. The second-order valence-corrected chi connectivity index (χ2v) is 5.16. The number of rotatable bonds is 5. The Bertz CT molecular complexity index is 510. The number of hydrogen-bond donors (Lipinski definition) is 2. The fourth-order valence-electron chi connectivity index (χ4n) is 2.45. The van der Waals surface area contributed by atoms with Crippen molar-refractivity contribution in [3.63, 3.8) is 0 Å². The molecule has 1 amide bonds. The van der Waals surface area contributed by atoms with Crippen LogP contribution in [0, 0.1) is 11.7 Å². The van der Waals surface area contributed by atoms with Crippen LogP contribution >= 0.6 is 0 Å². The number of ether oxygens (including phenoxy) is 2. The van der Waals surface area contributed by atoms with Crippen LogP contribution in [0.25, 0.3) is 0 Å². The van der Waals surface area contributed by atoms with Gasteiger partial charge in [-0.05, 0) is 31.7 Å². The van der Waals surface area contributed by atoms with Crippen molar-refractivity contribution in [2.24, 2.45) is 5.92 Å². The zero-order valence-corrected chi connectivity index (χ0v) is 12.5. The summed E-state index contributed by atoms with van der Waals surface area (Å²) in [5.74, 6) is -0.554. The van der Waals surface area contributed by atoms with Gasteiger partial charge < -0.3 is 20.1 Å². The van der Waals surface area contributed by atoms with Crippen LogP contribution in [0.5, 0.6) is 5.75 Å². The molecule has 5 nitrogen and oxygen atoms in total. The third kappa shape index (κ3) is 3.51. The molecule has 3 atom stereocenters. The van der Waals surface area contributed by atoms with Crippen LogP contribution < -0.4 is 15.4 Å². The van der Waals surface area contributed by atoms with Gasteiger partial charge in [0.1, 0.15) is 0 Å². The minimum Gasteiger partial charge on any atom is -0.494 e. The van der Waals surface area contributed by atoms with E-state index in [1.807, 2.05) is 14.0 Å². The highest BCUT2D eigenvalue weighted by Crippen LogP contribution is 2.22. The summed E-state index contributed by atoms with van der Waals surface area (Å²) >= 11 is 0. The Morgan fingerprint density at radius 3 is 2.86 bits per heavy atom. The van der Waals surface area contributed by atoms with E-state index in [0.29, 0.717) is 18.8 Å². The van der Waals surface area contributed by atoms with Gasteiger partial charge in [-0.25, -0.2) is 4.39 Å². The maximum absolute atomic E-state index is 13.7. The van der Waals surface area contributed by atoms with E-state index in [9.17, 15) is 9.18 Å². The van der Waals surface area contributed by atoms with Crippen molar-refractivity contribution < 1.29 is 18.7 Å². The quantitative estimate of drug-likeness (QED) is 0.858. The summed E-state index contributed by atoms with van der Waals surface area (Å²) in [6.45, 7) is 2.75. The van der Waals surface area contributed by atoms with Gasteiger partial charge in [0.15, 0.2) is 11.6 Å². The van der Waals surface area contributed by atoms with Gasteiger partial charge in [0.25, 0.3) is 0 Å². The molecule has 0 bridgehead atoms. The summed E-state index contributed by atoms with van der Waals surface area (Å²) in [7, 11) is 3.23. The van der Waals surface area contributed by atoms with Gasteiger partial charge in [-0.1, -0.05) is 6.07 Å². The van der Waals surface area contributed by atoms with E-state index in [2.05, 4.69) is 10.6 Å². The molecule has 0 aromatic heterocycles. The SMILES string of the molecule is CNC1COCC1C(=O)NC(C)c1ccc(OC)c(F)c1. The lowest BCUT2D eigenvalue weighted by Crippen LogP contribution is -2.43. The smallest absolute Gasteiger partial charge is 0.227 e. The van der Waals surface area contributed by atoms with Crippen molar-refractivity contribution in [3.8, 4) is 5.75 Å². The van der Waals surface area contributed by atoms with Gasteiger partial charge in [-0.3, -0.25) is 4.79 Å². The van der Waals surface area contributed by atoms with Crippen molar-refractivity contribution in [1.29, 1.82) is 0 Å². The standard InChI is InChI=1S/C15H21FN2O3/c1-9(10-4-5-14(20-3)12(16)6-10)18-15(19)11-7-21-8-13(11)17-2/h4-6,9,11,13,17H,7-8H2,1-3H3,(H,18,19). The number of halogens is 1. The number of carbonyl (C=O) groups is 1. The molecule has 116 valence electrons. The number of hydrogen-bond acceptors (Lipinski definition) is 4. The van der Waals surface area contributed by atoms with Gasteiger partial charge >= 0.3 is 0 Å². The number of nitrogens with one attached hydrogen (secondary N) is 2. The predicted octanol–water partition coefficient (Wildman–Crippen LogP) is 1.25. The lowest BCUT2D eigenvalue weighted by Gasteiger charge is -2.20. The molecule has 1 aliphatic rings. The summed E-state index contributed by atoms with van der Waals surface area (Å²) < 4.78 is 23.9. The number of amides is 1. The van der Waals surface area contributed by atoms with Crippen LogP contribution in [-0.4, -0.2) is 39.3 Å². The van der Waals surface area contributed by atoms with E-state index >= 15 is 0 Å². The van der Waals surface area contributed by atoms with Crippen LogP contribution in [0.2, 0.25) is 0 Å². The van der Waals surface area contributed by atoms with E-state index in [4.69, 9.17) is 9.47 Å². The second kappa shape index (κ2) is 6.87. The van der Waals surface area contributed by atoms with Crippen molar-refractivity contribution >= 4 is 5.91 Å². The summed E-state index contributed by atoms with van der Waals surface area (Å²) in [5, 5.41) is 5.97. The molecule has 1 aromatic rings. The summed E-state index contributed by atoms with van der Waals surface area (Å²) in [6, 6.07) is 4.42. The Morgan fingerprint density at radius 2 is 2.24 bits per heavy atom. The summed E-state index contributed by atoms with van der Waals surface area (Å²) in [4.78, 5) is 12.3. The van der Waals surface area contributed by atoms with Crippen LogP contribution in [0.3, 0.4) is 0 Å². The Balaban J connectivity index is 2.02. The monoisotopic (exact) mass is 296 g/mol. The zero-order valence-electron chi connectivity index (χ0n) is 12.5. The third-order valence-electron chi connectivity index (χ3n) is 3.82. The largest absolute Gasteiger partial charge is 0.494 e. The van der Waals surface area contributed by atoms with Crippen LogP contribution in [-0.2, 0) is 9.53 Å². The Kier molecular flexibility index (Phi) is 5.14. The molecular formula is C15H21FN2O3. The van der Waals surface area contributed by atoms with Crippen LogP contribution in [0.4, 0.5) is 4.39 Å². The molecule has 1 fully saturated rings. The lowest BCUT2D eigenvalue weighted by atomic mass is 10.0. The average molecular weight is 296 g/mol. The minimum absolute atomic E-state index is 0.0183. The van der Waals surface area contributed by atoms with Gasteiger partial charge in [-0.2, -0.15) is 0 Å². The highest BCUT2D eigenvalue weighted by Gasteiger charge is 2.33. The second-order valence-electron chi connectivity index (χ2n) is 5.16. The highest BCUT2D eigenvalue weighted by molar-refractivity contribution is 5.80. The van der Waals surface area contributed by atoms with E-state index in [1.54, 1.807) is 12.1 Å². The Morgan fingerprint density at radius 1 is 1.48 bits per heavy atom. The van der Waals surface area contributed by atoms with Gasteiger partial charge in [-0.15, -0.1) is 0 Å². The lowest BCUT2D eigenvalue weighted by molar-refractivity contribution is -0.126. The first-order valence-electron chi connectivity index (χ1n) is 6.95. The van der Waals surface area contributed by atoms with E-state index in [-0.39, 0.29) is 29.7 Å². The molecule has 21 heavy (non-hydrogen) atoms. The predicted molar refractivity (Wildman–Crippen MR) is 76.7 cm³/mol. The molecule has 1 saturated heterocycles. The molecule has 0 aliphatic carbocycles. The van der Waals surface area contributed by atoms with Gasteiger partial charge in [0.2, 0.25) is 5.91 Å².